The lowest BCUT2D eigenvalue weighted by atomic mass is 9.94. The highest BCUT2D eigenvalue weighted by molar-refractivity contribution is 5.99. The monoisotopic (exact) mass is 1040 g/mol. The van der Waals surface area contributed by atoms with E-state index in [0.29, 0.717) is 24.8 Å². The molecule has 4 unspecified atom stereocenters. The summed E-state index contributed by atoms with van der Waals surface area (Å²) in [7, 11) is 4.03. The molecule has 1 heterocycles. The van der Waals surface area contributed by atoms with E-state index in [1.807, 2.05) is 0 Å². The topological polar surface area (TPSA) is 305 Å². The number of rotatable bonds is 13. The minimum atomic E-state index is -1.60. The number of aliphatic hydroxyl groups is 2. The van der Waals surface area contributed by atoms with Gasteiger partial charge in [0.25, 0.3) is 0 Å². The predicted molar refractivity (Wildman–Crippen MR) is 277 cm³/mol. The van der Waals surface area contributed by atoms with E-state index >= 15 is 0 Å². The Labute approximate surface area is 437 Å². The van der Waals surface area contributed by atoms with Gasteiger partial charge in [-0.15, -0.1) is 0 Å². The third kappa shape index (κ3) is 18.0. The molecule has 0 saturated carbocycles. The molecule has 74 heavy (non-hydrogen) atoms. The van der Waals surface area contributed by atoms with Crippen LogP contribution in [0.1, 0.15) is 107 Å². The first-order chi connectivity index (χ1) is 34.7. The molecular formula is C52H86N10O12. The molecule has 0 spiro atoms. The van der Waals surface area contributed by atoms with Crippen molar-refractivity contribution in [3.05, 3.63) is 35.9 Å². The summed E-state index contributed by atoms with van der Waals surface area (Å²) in [6, 6.07) is -1.94. The molecule has 22 heteroatoms. The van der Waals surface area contributed by atoms with Crippen molar-refractivity contribution in [2.75, 3.05) is 40.8 Å². The van der Waals surface area contributed by atoms with Crippen molar-refractivity contribution in [2.24, 2.45) is 29.6 Å². The van der Waals surface area contributed by atoms with Gasteiger partial charge in [0, 0.05) is 27.6 Å². The number of carbonyl (C=O) groups excluding carboxylic acids is 10. The molecule has 22 nitrogen and oxygen atoms in total. The van der Waals surface area contributed by atoms with Crippen molar-refractivity contribution in [2.45, 2.75) is 163 Å². The summed E-state index contributed by atoms with van der Waals surface area (Å²) < 4.78 is 0. The molecule has 0 bridgehead atoms. The minimum absolute atomic E-state index is 0.0293. The van der Waals surface area contributed by atoms with Gasteiger partial charge in [-0.1, -0.05) is 119 Å². The fourth-order valence-electron chi connectivity index (χ4n) is 8.74. The Hall–Kier alpha value is -6.16. The molecule has 416 valence electrons. The summed E-state index contributed by atoms with van der Waals surface area (Å²) in [4.78, 5) is 144. The zero-order chi connectivity index (χ0) is 56.3. The number of aliphatic hydroxyl groups excluding tert-OH is 2. The van der Waals surface area contributed by atoms with Crippen molar-refractivity contribution in [1.82, 2.24) is 51.9 Å². The summed E-state index contributed by atoms with van der Waals surface area (Å²) in [5.41, 5.74) is 0.653. The molecule has 1 aliphatic rings. The van der Waals surface area contributed by atoms with Gasteiger partial charge in [-0.05, 0) is 48.5 Å². The first kappa shape index (κ1) is 64.0. The standard InChI is InChI=1S/C52H86N10O12/c1-15-30(8)40-47(69)56-36(27-63)45(67)58-42(32(10)17-3)52(74)61(13)43(29(6)7)48(70)54-25-38(65)55-35(23-28(4)5)50(72)62(14)44(33(11)64)49(71)59-41(31(9)16-2)51(73)60(12)37(24-34-21-19-18-20-22-34)46(68)53-26-39(66)57-40/h18-22,28-33,35-37,40-44,63-64H,15-17,23-27H2,1-14H3,(H,53,68)(H,54,70)(H,55,65)(H,56,69)(H,57,66)(H,58,67)(H,59,71)/t30?,31?,32?,33?,35-,36-,37-,40-,41-,42-,43-,44-/m0/s1. The lowest BCUT2D eigenvalue weighted by Gasteiger charge is -2.36. The molecule has 12 atom stereocenters. The number of nitrogens with zero attached hydrogens (tertiary/aromatic N) is 3. The van der Waals surface area contributed by atoms with E-state index in [4.69, 9.17) is 0 Å². The summed E-state index contributed by atoms with van der Waals surface area (Å²) in [6.45, 7) is 16.5. The van der Waals surface area contributed by atoms with Crippen LogP contribution in [0.15, 0.2) is 30.3 Å². The van der Waals surface area contributed by atoms with Gasteiger partial charge >= 0.3 is 0 Å². The van der Waals surface area contributed by atoms with Crippen LogP contribution >= 0.6 is 0 Å². The second kappa shape index (κ2) is 30.3. The van der Waals surface area contributed by atoms with Gasteiger partial charge in [0.15, 0.2) is 0 Å². The molecule has 0 radical (unpaired) electrons. The van der Waals surface area contributed by atoms with Crippen LogP contribution in [0, 0.1) is 29.6 Å². The van der Waals surface area contributed by atoms with Crippen LogP contribution in [0.3, 0.4) is 0 Å². The van der Waals surface area contributed by atoms with Crippen molar-refractivity contribution in [3.8, 4) is 0 Å². The Bertz CT molecular complexity index is 2090. The van der Waals surface area contributed by atoms with Crippen LogP contribution in [0.25, 0.3) is 0 Å². The molecule has 0 aromatic heterocycles. The van der Waals surface area contributed by atoms with Crippen LogP contribution in [-0.2, 0) is 54.4 Å². The fourth-order valence-corrected chi connectivity index (χ4v) is 8.74. The molecular weight excluding hydrogens is 957 g/mol. The van der Waals surface area contributed by atoms with Gasteiger partial charge in [-0.25, -0.2) is 0 Å². The van der Waals surface area contributed by atoms with Gasteiger partial charge < -0.3 is 62.1 Å². The summed E-state index contributed by atoms with van der Waals surface area (Å²) in [6.07, 6.45) is -0.330. The van der Waals surface area contributed by atoms with Crippen molar-refractivity contribution >= 4 is 59.1 Å². The molecule has 1 aromatic carbocycles. The van der Waals surface area contributed by atoms with Gasteiger partial charge in [-0.2, -0.15) is 0 Å². The number of hydrogen-bond acceptors (Lipinski definition) is 12. The average Bonchev–Trinajstić information content (AvgIpc) is 3.35. The zero-order valence-electron chi connectivity index (χ0n) is 45.9. The summed E-state index contributed by atoms with van der Waals surface area (Å²) in [5.74, 6) is -10.2. The summed E-state index contributed by atoms with van der Waals surface area (Å²) >= 11 is 0. The first-order valence-corrected chi connectivity index (χ1v) is 25.8. The number of hydrogen-bond donors (Lipinski definition) is 9. The number of nitrogens with one attached hydrogen (secondary N) is 7. The SMILES string of the molecule is CCC(C)[C@@H]1NC(=O)CNC(=O)[C@H](Cc2ccccc2)N(C)C(=O)[C@H](C(C)CC)NC(=O)[C@H](C(C)O)N(C)C(=O)[C@H](CC(C)C)NC(=O)CNC(=O)[C@H](C(C)C)N(C)C(=O)[C@H](C(C)CC)NC(=O)[C@H](CO)NC1=O. The number of amides is 10. The van der Waals surface area contributed by atoms with Crippen LogP contribution < -0.4 is 37.2 Å². The van der Waals surface area contributed by atoms with Crippen molar-refractivity contribution < 1.29 is 58.2 Å². The van der Waals surface area contributed by atoms with Gasteiger partial charge in [-0.3, -0.25) is 47.9 Å². The van der Waals surface area contributed by atoms with E-state index in [-0.39, 0.29) is 18.8 Å². The van der Waals surface area contributed by atoms with E-state index in [1.54, 1.807) is 99.6 Å². The first-order valence-electron chi connectivity index (χ1n) is 25.8. The quantitative estimate of drug-likeness (QED) is 0.122. The van der Waals surface area contributed by atoms with Gasteiger partial charge in [0.1, 0.15) is 48.3 Å². The number of carbonyl (C=O) groups is 10. The van der Waals surface area contributed by atoms with Crippen molar-refractivity contribution in [3.63, 3.8) is 0 Å². The maximum atomic E-state index is 14.6. The number of benzene rings is 1. The van der Waals surface area contributed by atoms with Crippen molar-refractivity contribution in [1.29, 1.82) is 0 Å². The number of likely N-dealkylation sites (N-methyl/N-ethyl adjacent to an activating group) is 3. The summed E-state index contributed by atoms with van der Waals surface area (Å²) in [5, 5.41) is 39.8. The molecule has 1 saturated heterocycles. The van der Waals surface area contributed by atoms with Crippen LogP contribution in [-0.4, -0.2) is 179 Å². The zero-order valence-corrected chi connectivity index (χ0v) is 45.9. The lowest BCUT2D eigenvalue weighted by molar-refractivity contribution is -0.148. The molecule has 10 amide bonds. The smallest absolute Gasteiger partial charge is 0.246 e. The minimum Gasteiger partial charge on any atom is -0.394 e. The van der Waals surface area contributed by atoms with E-state index < -0.39 is 157 Å². The Balaban J connectivity index is 2.79. The van der Waals surface area contributed by atoms with Gasteiger partial charge in [0.2, 0.25) is 59.1 Å². The second-order valence-electron chi connectivity index (χ2n) is 20.5. The fraction of sp³-hybridized carbons (Fsp3) is 0.692. The highest BCUT2D eigenvalue weighted by Crippen LogP contribution is 2.20. The average molecular weight is 1040 g/mol. The Morgan fingerprint density at radius 2 is 1.00 bits per heavy atom. The van der Waals surface area contributed by atoms with Gasteiger partial charge in [0.05, 0.1) is 25.8 Å². The van der Waals surface area contributed by atoms with E-state index in [2.05, 4.69) is 37.2 Å². The molecule has 1 aliphatic heterocycles. The third-order valence-electron chi connectivity index (χ3n) is 13.9. The van der Waals surface area contributed by atoms with Crippen LogP contribution in [0.2, 0.25) is 0 Å². The Morgan fingerprint density at radius 3 is 1.49 bits per heavy atom. The normalized spacial score (nSPS) is 26.5. The molecule has 1 fully saturated rings. The second-order valence-corrected chi connectivity index (χ2v) is 20.5. The molecule has 1 aromatic rings. The molecule has 9 N–H and O–H groups in total. The van der Waals surface area contributed by atoms with Crippen LogP contribution in [0.5, 0.6) is 0 Å². The largest absolute Gasteiger partial charge is 0.394 e. The molecule has 2 rings (SSSR count). The van der Waals surface area contributed by atoms with E-state index in [0.717, 1.165) is 14.7 Å². The van der Waals surface area contributed by atoms with E-state index in [9.17, 15) is 58.2 Å². The highest BCUT2D eigenvalue weighted by atomic mass is 16.3. The third-order valence-corrected chi connectivity index (χ3v) is 13.9. The predicted octanol–water partition coefficient (Wildman–Crippen LogP) is -0.406. The Morgan fingerprint density at radius 1 is 0.527 bits per heavy atom. The maximum Gasteiger partial charge on any atom is 0.246 e. The highest BCUT2D eigenvalue weighted by Gasteiger charge is 2.42. The lowest BCUT2D eigenvalue weighted by Crippen LogP contribution is -2.63. The molecule has 0 aliphatic carbocycles. The van der Waals surface area contributed by atoms with Crippen LogP contribution in [0.4, 0.5) is 0 Å². The maximum absolute atomic E-state index is 14.6. The van der Waals surface area contributed by atoms with E-state index in [1.165, 1.54) is 28.1 Å². The Kier molecular flexibility index (Phi) is 26.2.